The smallest absolute Gasteiger partial charge is 0.319 e. The minimum Gasteiger partial charge on any atom is -0.331 e. The molecule has 88 valence electrons. The molecule has 1 aromatic rings. The van der Waals surface area contributed by atoms with Gasteiger partial charge in [-0.25, -0.2) is 9.78 Å². The fourth-order valence-corrected chi connectivity index (χ4v) is 2.85. The number of amides is 2. The third-order valence-electron chi connectivity index (χ3n) is 2.95. The van der Waals surface area contributed by atoms with Gasteiger partial charge in [0.15, 0.2) is 0 Å². The van der Waals surface area contributed by atoms with E-state index in [9.17, 15) is 4.79 Å². The number of likely N-dealkylation sites (tertiary alicyclic amines) is 1. The molecule has 0 atom stereocenters. The van der Waals surface area contributed by atoms with Crippen molar-refractivity contribution in [1.82, 2.24) is 14.8 Å². The zero-order valence-corrected chi connectivity index (χ0v) is 10.5. The summed E-state index contributed by atoms with van der Waals surface area (Å²) in [6, 6.07) is 0.123. The summed E-state index contributed by atoms with van der Waals surface area (Å²) in [5, 5.41) is 3.24. The minimum absolute atomic E-state index is 0.123. The summed E-state index contributed by atoms with van der Waals surface area (Å²) in [4.78, 5) is 19.6. The zero-order valence-electron chi connectivity index (χ0n) is 9.72. The number of carbonyl (C=O) groups excluding carboxylic acids is 1. The van der Waals surface area contributed by atoms with E-state index in [4.69, 9.17) is 0 Å². The number of rotatable bonds is 1. The van der Waals surface area contributed by atoms with Crippen LogP contribution in [0, 0.1) is 0 Å². The van der Waals surface area contributed by atoms with E-state index in [0.717, 1.165) is 25.9 Å². The molecule has 1 aliphatic heterocycles. The first-order chi connectivity index (χ1) is 7.68. The second-order valence-corrected chi connectivity index (χ2v) is 5.23. The van der Waals surface area contributed by atoms with Gasteiger partial charge >= 0.3 is 6.03 Å². The number of urea groups is 1. The molecule has 2 heterocycles. The van der Waals surface area contributed by atoms with Gasteiger partial charge in [0.1, 0.15) is 0 Å². The number of aromatic nitrogens is 1. The molecule has 0 saturated carbocycles. The lowest BCUT2D eigenvalue weighted by molar-refractivity contribution is 0.156. The van der Waals surface area contributed by atoms with Gasteiger partial charge in [-0.2, -0.15) is 0 Å². The lowest BCUT2D eigenvalue weighted by Crippen LogP contribution is -2.43. The van der Waals surface area contributed by atoms with Crippen LogP contribution in [0.5, 0.6) is 0 Å². The second-order valence-electron chi connectivity index (χ2n) is 4.31. The van der Waals surface area contributed by atoms with Crippen molar-refractivity contribution in [1.29, 1.82) is 0 Å². The summed E-state index contributed by atoms with van der Waals surface area (Å²) in [6.07, 6.45) is 3.93. The molecular weight excluding hydrogens is 222 g/mol. The van der Waals surface area contributed by atoms with Crippen LogP contribution < -0.4 is 0 Å². The second kappa shape index (κ2) is 4.82. The standard InChI is InChI=1S/C11H17N3OS/c1-13(2)11(15)14-6-3-9(4-7-14)10-12-5-8-16-10/h5,8-9H,3-4,6-7H2,1-2H3. The van der Waals surface area contributed by atoms with Crippen LogP contribution in [0.15, 0.2) is 11.6 Å². The molecular formula is C11H17N3OS. The first-order valence-electron chi connectivity index (χ1n) is 5.54. The summed E-state index contributed by atoms with van der Waals surface area (Å²) in [6.45, 7) is 1.70. The molecule has 0 aromatic carbocycles. The normalized spacial score (nSPS) is 17.5. The molecule has 0 radical (unpaired) electrons. The SMILES string of the molecule is CN(C)C(=O)N1CCC(c2nccs2)CC1. The van der Waals surface area contributed by atoms with Crippen molar-refractivity contribution in [2.75, 3.05) is 27.2 Å². The first-order valence-corrected chi connectivity index (χ1v) is 6.42. The van der Waals surface area contributed by atoms with Crippen LogP contribution in [0.2, 0.25) is 0 Å². The largest absolute Gasteiger partial charge is 0.331 e. The van der Waals surface area contributed by atoms with Gasteiger partial charge in [-0.1, -0.05) is 0 Å². The number of carbonyl (C=O) groups is 1. The maximum Gasteiger partial charge on any atom is 0.319 e. The van der Waals surface area contributed by atoms with Crippen LogP contribution >= 0.6 is 11.3 Å². The van der Waals surface area contributed by atoms with E-state index in [0.29, 0.717) is 5.92 Å². The molecule has 4 nitrogen and oxygen atoms in total. The molecule has 0 aliphatic carbocycles. The number of nitrogens with zero attached hydrogens (tertiary/aromatic N) is 3. The van der Waals surface area contributed by atoms with E-state index >= 15 is 0 Å². The molecule has 0 unspecified atom stereocenters. The van der Waals surface area contributed by atoms with E-state index in [-0.39, 0.29) is 6.03 Å². The molecule has 1 fully saturated rings. The van der Waals surface area contributed by atoms with Gasteiger partial charge in [0.05, 0.1) is 5.01 Å². The van der Waals surface area contributed by atoms with Crippen LogP contribution in [-0.4, -0.2) is 48.0 Å². The molecule has 0 bridgehead atoms. The van der Waals surface area contributed by atoms with E-state index < -0.39 is 0 Å². The third-order valence-corrected chi connectivity index (χ3v) is 3.89. The summed E-state index contributed by atoms with van der Waals surface area (Å²) in [5.74, 6) is 0.547. The van der Waals surface area contributed by atoms with Crippen molar-refractivity contribution in [3.63, 3.8) is 0 Å². The van der Waals surface area contributed by atoms with Crippen molar-refractivity contribution in [3.8, 4) is 0 Å². The highest BCUT2D eigenvalue weighted by Crippen LogP contribution is 2.29. The Labute approximate surface area is 99.9 Å². The van der Waals surface area contributed by atoms with Gasteiger partial charge in [-0.15, -0.1) is 11.3 Å². The fourth-order valence-electron chi connectivity index (χ4n) is 2.04. The van der Waals surface area contributed by atoms with E-state index in [2.05, 4.69) is 4.98 Å². The van der Waals surface area contributed by atoms with Gasteiger partial charge in [-0.3, -0.25) is 0 Å². The Balaban J connectivity index is 1.90. The van der Waals surface area contributed by atoms with E-state index in [1.807, 2.05) is 16.5 Å². The molecule has 16 heavy (non-hydrogen) atoms. The van der Waals surface area contributed by atoms with Gasteiger partial charge in [0, 0.05) is 44.7 Å². The average molecular weight is 239 g/mol. The fraction of sp³-hybridized carbons (Fsp3) is 0.636. The van der Waals surface area contributed by atoms with Crippen LogP contribution in [0.25, 0.3) is 0 Å². The topological polar surface area (TPSA) is 36.4 Å². The summed E-state index contributed by atoms with van der Waals surface area (Å²) >= 11 is 1.72. The van der Waals surface area contributed by atoms with Crippen LogP contribution in [0.4, 0.5) is 4.79 Å². The van der Waals surface area contributed by atoms with Gasteiger partial charge in [-0.05, 0) is 12.8 Å². The van der Waals surface area contributed by atoms with Crippen molar-refractivity contribution in [2.45, 2.75) is 18.8 Å². The Morgan fingerprint density at radius 2 is 2.19 bits per heavy atom. The number of hydrogen-bond donors (Lipinski definition) is 0. The van der Waals surface area contributed by atoms with Crippen molar-refractivity contribution in [3.05, 3.63) is 16.6 Å². The summed E-state index contributed by atoms with van der Waals surface area (Å²) < 4.78 is 0. The highest BCUT2D eigenvalue weighted by Gasteiger charge is 2.25. The van der Waals surface area contributed by atoms with E-state index in [1.54, 1.807) is 30.3 Å². The number of piperidine rings is 1. The average Bonchev–Trinajstić information content (AvgIpc) is 2.81. The molecule has 1 aromatic heterocycles. The molecule has 0 spiro atoms. The lowest BCUT2D eigenvalue weighted by Gasteiger charge is -2.32. The van der Waals surface area contributed by atoms with Crippen molar-refractivity contribution in [2.24, 2.45) is 0 Å². The highest BCUT2D eigenvalue weighted by molar-refractivity contribution is 7.09. The Morgan fingerprint density at radius 3 is 2.69 bits per heavy atom. The van der Waals surface area contributed by atoms with Gasteiger partial charge < -0.3 is 9.80 Å². The Kier molecular flexibility index (Phi) is 3.43. The molecule has 1 aliphatic rings. The van der Waals surface area contributed by atoms with Crippen LogP contribution in [-0.2, 0) is 0 Å². The monoisotopic (exact) mass is 239 g/mol. The maximum atomic E-state index is 11.7. The van der Waals surface area contributed by atoms with Crippen molar-refractivity contribution >= 4 is 17.4 Å². The lowest BCUT2D eigenvalue weighted by atomic mass is 9.98. The Bertz CT molecular complexity index is 342. The molecule has 0 N–H and O–H groups in total. The summed E-state index contributed by atoms with van der Waals surface area (Å²) in [7, 11) is 3.60. The van der Waals surface area contributed by atoms with E-state index in [1.165, 1.54) is 5.01 Å². The molecule has 2 amide bonds. The third kappa shape index (κ3) is 2.35. The molecule has 2 rings (SSSR count). The number of thiazole rings is 1. The van der Waals surface area contributed by atoms with Crippen LogP contribution in [0.3, 0.4) is 0 Å². The Morgan fingerprint density at radius 1 is 1.50 bits per heavy atom. The molecule has 5 heteroatoms. The quantitative estimate of drug-likeness (QED) is 0.751. The summed E-state index contributed by atoms with van der Waals surface area (Å²) in [5.41, 5.74) is 0. The van der Waals surface area contributed by atoms with Crippen molar-refractivity contribution < 1.29 is 4.79 Å². The Hall–Kier alpha value is -1.10. The highest BCUT2D eigenvalue weighted by atomic mass is 32.1. The van der Waals surface area contributed by atoms with Gasteiger partial charge in [0.2, 0.25) is 0 Å². The minimum atomic E-state index is 0.123. The maximum absolute atomic E-state index is 11.7. The number of hydrogen-bond acceptors (Lipinski definition) is 3. The molecule has 1 saturated heterocycles. The van der Waals surface area contributed by atoms with Gasteiger partial charge in [0.25, 0.3) is 0 Å². The zero-order chi connectivity index (χ0) is 11.5. The predicted molar refractivity (Wildman–Crippen MR) is 64.7 cm³/mol. The predicted octanol–water partition coefficient (Wildman–Crippen LogP) is 2.00. The first kappa shape index (κ1) is 11.4. The van der Waals surface area contributed by atoms with Crippen LogP contribution in [0.1, 0.15) is 23.8 Å².